The van der Waals surface area contributed by atoms with Crippen LogP contribution < -0.4 is 5.32 Å². The Morgan fingerprint density at radius 1 is 1.24 bits per heavy atom. The summed E-state index contributed by atoms with van der Waals surface area (Å²) in [6, 6.07) is 7.07. The first-order chi connectivity index (χ1) is 8.20. The number of nitrogens with zero attached hydrogens (tertiary/aromatic N) is 1. The minimum atomic E-state index is -0.209. The Kier molecular flexibility index (Phi) is 3.49. The molecule has 1 aromatic carbocycles. The third-order valence-electron chi connectivity index (χ3n) is 2.61. The Bertz CT molecular complexity index is 523. The molecule has 0 amide bonds. The van der Waals surface area contributed by atoms with E-state index in [1.807, 2.05) is 26.1 Å². The van der Waals surface area contributed by atoms with E-state index in [0.717, 1.165) is 23.2 Å². The number of nitrogens with one attached hydrogen (secondary N) is 1. The molecule has 0 bridgehead atoms. The van der Waals surface area contributed by atoms with Crippen molar-refractivity contribution in [3.8, 4) is 11.1 Å². The second-order valence-corrected chi connectivity index (χ2v) is 4.10. The minimum Gasteiger partial charge on any atom is -0.316 e. The van der Waals surface area contributed by atoms with Crippen LogP contribution in [0.2, 0.25) is 0 Å². The molecule has 0 spiro atoms. The lowest BCUT2D eigenvalue weighted by molar-refractivity contribution is 0.631. The van der Waals surface area contributed by atoms with E-state index in [9.17, 15) is 4.39 Å². The lowest BCUT2D eigenvalue weighted by Crippen LogP contribution is -2.05. The van der Waals surface area contributed by atoms with E-state index in [2.05, 4.69) is 10.3 Å². The topological polar surface area (TPSA) is 24.9 Å². The number of aryl methyl sites for hydroxylation is 1. The van der Waals surface area contributed by atoms with Gasteiger partial charge in [0.1, 0.15) is 5.82 Å². The van der Waals surface area contributed by atoms with Gasteiger partial charge in [-0.05, 0) is 37.7 Å². The number of hydrogen-bond acceptors (Lipinski definition) is 2. The fourth-order valence-electron chi connectivity index (χ4n) is 1.80. The molecule has 88 valence electrons. The quantitative estimate of drug-likeness (QED) is 0.877. The van der Waals surface area contributed by atoms with Gasteiger partial charge in [0.25, 0.3) is 0 Å². The number of benzene rings is 1. The second kappa shape index (κ2) is 5.06. The van der Waals surface area contributed by atoms with Gasteiger partial charge >= 0.3 is 0 Å². The summed E-state index contributed by atoms with van der Waals surface area (Å²) in [6.07, 6.45) is 3.48. The van der Waals surface area contributed by atoms with E-state index in [1.54, 1.807) is 18.5 Å². The van der Waals surface area contributed by atoms with E-state index < -0.39 is 0 Å². The van der Waals surface area contributed by atoms with Crippen molar-refractivity contribution in [3.05, 3.63) is 53.6 Å². The first kappa shape index (κ1) is 11.7. The van der Waals surface area contributed by atoms with Crippen LogP contribution in [0.1, 0.15) is 11.1 Å². The van der Waals surface area contributed by atoms with Gasteiger partial charge in [0.15, 0.2) is 0 Å². The number of halogens is 1. The average Bonchev–Trinajstić information content (AvgIpc) is 2.33. The van der Waals surface area contributed by atoms with Gasteiger partial charge in [0.05, 0.1) is 0 Å². The van der Waals surface area contributed by atoms with Crippen molar-refractivity contribution in [2.45, 2.75) is 13.5 Å². The zero-order chi connectivity index (χ0) is 12.3. The molecule has 2 aromatic rings. The zero-order valence-electron chi connectivity index (χ0n) is 10.00. The van der Waals surface area contributed by atoms with Gasteiger partial charge in [-0.15, -0.1) is 0 Å². The summed E-state index contributed by atoms with van der Waals surface area (Å²) in [5, 5.41) is 3.05. The van der Waals surface area contributed by atoms with Crippen LogP contribution in [0.25, 0.3) is 11.1 Å². The van der Waals surface area contributed by atoms with Gasteiger partial charge in [0, 0.05) is 30.1 Å². The highest BCUT2D eigenvalue weighted by Gasteiger charge is 2.06. The highest BCUT2D eigenvalue weighted by atomic mass is 19.1. The number of aromatic nitrogens is 1. The van der Waals surface area contributed by atoms with E-state index in [1.165, 1.54) is 6.07 Å². The third-order valence-corrected chi connectivity index (χ3v) is 2.61. The van der Waals surface area contributed by atoms with Gasteiger partial charge in [-0.25, -0.2) is 4.39 Å². The highest BCUT2D eigenvalue weighted by Crippen LogP contribution is 2.23. The number of hydrogen-bond donors (Lipinski definition) is 1. The van der Waals surface area contributed by atoms with Crippen LogP contribution in [0.4, 0.5) is 4.39 Å². The largest absolute Gasteiger partial charge is 0.316 e. The van der Waals surface area contributed by atoms with Gasteiger partial charge in [-0.3, -0.25) is 4.98 Å². The smallest absolute Gasteiger partial charge is 0.131 e. The molecule has 0 saturated heterocycles. The van der Waals surface area contributed by atoms with Crippen molar-refractivity contribution in [3.63, 3.8) is 0 Å². The summed E-state index contributed by atoms with van der Waals surface area (Å²) in [4.78, 5) is 4.14. The molecule has 3 heteroatoms. The maximum Gasteiger partial charge on any atom is 0.131 e. The normalized spacial score (nSPS) is 10.5. The summed E-state index contributed by atoms with van der Waals surface area (Å²) in [6.45, 7) is 2.68. The first-order valence-corrected chi connectivity index (χ1v) is 5.56. The van der Waals surface area contributed by atoms with Crippen molar-refractivity contribution >= 4 is 0 Å². The van der Waals surface area contributed by atoms with Crippen LogP contribution in [-0.2, 0) is 6.54 Å². The van der Waals surface area contributed by atoms with Crippen LogP contribution >= 0.6 is 0 Å². The van der Waals surface area contributed by atoms with Crippen LogP contribution in [-0.4, -0.2) is 12.0 Å². The maximum absolute atomic E-state index is 13.7. The molecule has 0 aliphatic rings. The van der Waals surface area contributed by atoms with Crippen molar-refractivity contribution in [2.75, 3.05) is 7.05 Å². The Balaban J connectivity index is 2.45. The second-order valence-electron chi connectivity index (χ2n) is 4.10. The Morgan fingerprint density at radius 2 is 2.06 bits per heavy atom. The van der Waals surface area contributed by atoms with E-state index >= 15 is 0 Å². The first-order valence-electron chi connectivity index (χ1n) is 5.56. The maximum atomic E-state index is 13.7. The predicted octanol–water partition coefficient (Wildman–Crippen LogP) is 2.92. The van der Waals surface area contributed by atoms with Crippen molar-refractivity contribution in [1.82, 2.24) is 10.3 Å². The molecule has 0 radical (unpaired) electrons. The Labute approximate surface area is 101 Å². The molecule has 0 aliphatic carbocycles. The molecule has 1 aromatic heterocycles. The fraction of sp³-hybridized carbons (Fsp3) is 0.214. The zero-order valence-corrected chi connectivity index (χ0v) is 10.00. The molecule has 17 heavy (non-hydrogen) atoms. The van der Waals surface area contributed by atoms with Crippen molar-refractivity contribution in [1.29, 1.82) is 0 Å². The van der Waals surface area contributed by atoms with Gasteiger partial charge in [-0.1, -0.05) is 11.6 Å². The highest BCUT2D eigenvalue weighted by molar-refractivity contribution is 5.64. The summed E-state index contributed by atoms with van der Waals surface area (Å²) in [5.74, 6) is -0.209. The monoisotopic (exact) mass is 230 g/mol. The summed E-state index contributed by atoms with van der Waals surface area (Å²) in [7, 11) is 1.87. The third kappa shape index (κ3) is 2.68. The van der Waals surface area contributed by atoms with Crippen molar-refractivity contribution in [2.24, 2.45) is 0 Å². The Hall–Kier alpha value is -1.74. The molecular weight excluding hydrogens is 215 g/mol. The molecule has 0 saturated carbocycles. The van der Waals surface area contributed by atoms with E-state index in [-0.39, 0.29) is 5.82 Å². The molecule has 0 fully saturated rings. The van der Waals surface area contributed by atoms with E-state index in [4.69, 9.17) is 0 Å². The molecule has 0 aliphatic heterocycles. The van der Waals surface area contributed by atoms with Crippen LogP contribution in [0.15, 0.2) is 36.7 Å². The van der Waals surface area contributed by atoms with Gasteiger partial charge < -0.3 is 5.32 Å². The van der Waals surface area contributed by atoms with Gasteiger partial charge in [0.2, 0.25) is 0 Å². The molecule has 2 rings (SSSR count). The van der Waals surface area contributed by atoms with E-state index in [0.29, 0.717) is 5.56 Å². The molecule has 0 unspecified atom stereocenters. The average molecular weight is 230 g/mol. The lowest BCUT2D eigenvalue weighted by Gasteiger charge is -2.06. The fourth-order valence-corrected chi connectivity index (χ4v) is 1.80. The summed E-state index contributed by atoms with van der Waals surface area (Å²) < 4.78 is 13.7. The van der Waals surface area contributed by atoms with Crippen molar-refractivity contribution < 1.29 is 4.39 Å². The molecule has 1 N–H and O–H groups in total. The number of pyridine rings is 1. The predicted molar refractivity (Wildman–Crippen MR) is 67.1 cm³/mol. The van der Waals surface area contributed by atoms with Gasteiger partial charge in [-0.2, -0.15) is 0 Å². The molecule has 0 atom stereocenters. The van der Waals surface area contributed by atoms with Crippen LogP contribution in [0, 0.1) is 12.7 Å². The standard InChI is InChI=1S/C14H15FN2/c1-10-3-4-14(15)13(5-10)12-6-11(7-16-2)8-17-9-12/h3-6,8-9,16H,7H2,1-2H3. The van der Waals surface area contributed by atoms with Crippen LogP contribution in [0.3, 0.4) is 0 Å². The summed E-state index contributed by atoms with van der Waals surface area (Å²) in [5.41, 5.74) is 3.51. The summed E-state index contributed by atoms with van der Waals surface area (Å²) >= 11 is 0. The minimum absolute atomic E-state index is 0.209. The van der Waals surface area contributed by atoms with Crippen LogP contribution in [0.5, 0.6) is 0 Å². The molecular formula is C14H15FN2. The molecule has 2 nitrogen and oxygen atoms in total. The molecule has 1 heterocycles. The lowest BCUT2D eigenvalue weighted by atomic mass is 10.0. The SMILES string of the molecule is CNCc1cncc(-c2cc(C)ccc2F)c1. The number of rotatable bonds is 3. The Morgan fingerprint density at radius 3 is 2.82 bits per heavy atom.